The molecule has 0 bridgehead atoms. The highest BCUT2D eigenvalue weighted by Crippen LogP contribution is 2.12. The van der Waals surface area contributed by atoms with E-state index in [0.717, 1.165) is 0 Å². The van der Waals surface area contributed by atoms with Gasteiger partial charge in [-0.15, -0.1) is 0 Å². The smallest absolute Gasteiger partial charge is 0.308 e. The van der Waals surface area contributed by atoms with E-state index in [9.17, 15) is 9.59 Å². The lowest BCUT2D eigenvalue weighted by molar-refractivity contribution is -0.141. The first-order valence-electron chi connectivity index (χ1n) is 5.51. The van der Waals surface area contributed by atoms with E-state index in [-0.39, 0.29) is 17.9 Å². The van der Waals surface area contributed by atoms with E-state index in [4.69, 9.17) is 5.11 Å². The third kappa shape index (κ3) is 4.26. The van der Waals surface area contributed by atoms with Gasteiger partial charge in [0.1, 0.15) is 0 Å². The fraction of sp³-hybridized carbons (Fsp3) is 0.545. The fourth-order valence-electron chi connectivity index (χ4n) is 1.54. The second-order valence-electron chi connectivity index (χ2n) is 4.31. The highest BCUT2D eigenvalue weighted by Gasteiger charge is 2.19. The summed E-state index contributed by atoms with van der Waals surface area (Å²) in [7, 11) is 0. The van der Waals surface area contributed by atoms with Gasteiger partial charge in [0.25, 0.3) is 5.56 Å². The molecule has 0 aliphatic rings. The van der Waals surface area contributed by atoms with Gasteiger partial charge in [-0.25, -0.2) is 4.98 Å². The maximum absolute atomic E-state index is 11.3. The molecule has 6 heteroatoms. The van der Waals surface area contributed by atoms with E-state index in [1.54, 1.807) is 0 Å². The Balaban J connectivity index is 2.61. The molecule has 1 aromatic heterocycles. The summed E-state index contributed by atoms with van der Waals surface area (Å²) < 4.78 is 0. The number of aromatic nitrogens is 2. The highest BCUT2D eigenvalue weighted by molar-refractivity contribution is 5.70. The summed E-state index contributed by atoms with van der Waals surface area (Å²) in [6, 6.07) is 0. The maximum Gasteiger partial charge on any atom is 0.308 e. The predicted molar refractivity (Wildman–Crippen MR) is 63.9 cm³/mol. The number of carboxylic acids is 1. The molecule has 0 aliphatic heterocycles. The number of carbonyl (C=O) groups is 1. The number of nitrogens with zero attached hydrogens (tertiary/aromatic N) is 1. The number of rotatable bonds is 6. The lowest BCUT2D eigenvalue weighted by Gasteiger charge is -2.15. The summed E-state index contributed by atoms with van der Waals surface area (Å²) in [6.45, 7) is 4.13. The van der Waals surface area contributed by atoms with Gasteiger partial charge >= 0.3 is 5.97 Å². The second kappa shape index (κ2) is 6.03. The number of hydrogen-bond acceptors (Lipinski definition) is 4. The van der Waals surface area contributed by atoms with Crippen LogP contribution >= 0.6 is 0 Å². The molecule has 17 heavy (non-hydrogen) atoms. The molecular weight excluding hydrogens is 222 g/mol. The molecule has 0 aliphatic carbocycles. The quantitative estimate of drug-likeness (QED) is 0.686. The molecule has 94 valence electrons. The molecule has 0 radical (unpaired) electrons. The number of carboxylic acid groups (broad SMARTS) is 1. The summed E-state index contributed by atoms with van der Waals surface area (Å²) in [6.07, 6.45) is 3.44. The van der Waals surface area contributed by atoms with Crippen LogP contribution in [-0.4, -0.2) is 27.6 Å². The van der Waals surface area contributed by atoms with Crippen molar-refractivity contribution in [3.05, 3.63) is 22.7 Å². The van der Waals surface area contributed by atoms with Crippen molar-refractivity contribution in [3.8, 4) is 0 Å². The summed E-state index contributed by atoms with van der Waals surface area (Å²) >= 11 is 0. The first kappa shape index (κ1) is 13.2. The number of nitrogens with one attached hydrogen (secondary N) is 2. The molecular formula is C11H17N3O3. The molecule has 1 unspecified atom stereocenters. The normalized spacial score (nSPS) is 12.4. The first-order chi connectivity index (χ1) is 8.00. The average Bonchev–Trinajstić information content (AvgIpc) is 2.25. The van der Waals surface area contributed by atoms with Gasteiger partial charge in [0.15, 0.2) is 5.82 Å². The number of anilines is 1. The molecule has 0 amide bonds. The summed E-state index contributed by atoms with van der Waals surface area (Å²) in [5.41, 5.74) is -0.346. The summed E-state index contributed by atoms with van der Waals surface area (Å²) in [5.74, 6) is -0.933. The van der Waals surface area contributed by atoms with Crippen molar-refractivity contribution in [1.29, 1.82) is 0 Å². The van der Waals surface area contributed by atoms with Gasteiger partial charge in [-0.05, 0) is 12.3 Å². The minimum Gasteiger partial charge on any atom is -0.481 e. The third-order valence-electron chi connectivity index (χ3n) is 2.33. The Morgan fingerprint density at radius 2 is 2.29 bits per heavy atom. The van der Waals surface area contributed by atoms with E-state index >= 15 is 0 Å². The van der Waals surface area contributed by atoms with Crippen molar-refractivity contribution in [2.75, 3.05) is 11.9 Å². The van der Waals surface area contributed by atoms with Crippen LogP contribution in [0.5, 0.6) is 0 Å². The maximum atomic E-state index is 11.3. The summed E-state index contributed by atoms with van der Waals surface area (Å²) in [4.78, 5) is 28.6. The van der Waals surface area contributed by atoms with Gasteiger partial charge in [-0.3, -0.25) is 9.59 Å². The second-order valence-corrected chi connectivity index (χ2v) is 4.31. The minimum atomic E-state index is -0.862. The van der Waals surface area contributed by atoms with Crippen LogP contribution in [0.15, 0.2) is 17.2 Å². The number of aliphatic carboxylic acids is 1. The Hall–Kier alpha value is -1.85. The van der Waals surface area contributed by atoms with Gasteiger partial charge in [0, 0.05) is 18.9 Å². The van der Waals surface area contributed by atoms with Crippen LogP contribution in [0, 0.1) is 11.8 Å². The number of hydrogen-bond donors (Lipinski definition) is 3. The topological polar surface area (TPSA) is 95.1 Å². The molecule has 6 nitrogen and oxygen atoms in total. The van der Waals surface area contributed by atoms with Crippen LogP contribution in [0.2, 0.25) is 0 Å². The zero-order valence-corrected chi connectivity index (χ0v) is 9.93. The van der Waals surface area contributed by atoms with Gasteiger partial charge < -0.3 is 15.4 Å². The van der Waals surface area contributed by atoms with Crippen LogP contribution < -0.4 is 10.9 Å². The van der Waals surface area contributed by atoms with Gasteiger partial charge in [0.2, 0.25) is 0 Å². The molecule has 0 aromatic carbocycles. The molecule has 0 saturated carbocycles. The Kier molecular flexibility index (Phi) is 4.68. The van der Waals surface area contributed by atoms with Gasteiger partial charge in [-0.1, -0.05) is 13.8 Å². The van der Waals surface area contributed by atoms with Crippen molar-refractivity contribution < 1.29 is 9.90 Å². The van der Waals surface area contributed by atoms with Crippen LogP contribution in [0.25, 0.3) is 0 Å². The fourth-order valence-corrected chi connectivity index (χ4v) is 1.54. The van der Waals surface area contributed by atoms with Crippen molar-refractivity contribution in [1.82, 2.24) is 9.97 Å². The zero-order chi connectivity index (χ0) is 12.8. The van der Waals surface area contributed by atoms with E-state index in [2.05, 4.69) is 15.3 Å². The van der Waals surface area contributed by atoms with Crippen LogP contribution in [0.3, 0.4) is 0 Å². The molecule has 0 spiro atoms. The van der Waals surface area contributed by atoms with Crippen LogP contribution in [0.1, 0.15) is 20.3 Å². The summed E-state index contributed by atoms with van der Waals surface area (Å²) in [5, 5.41) is 11.8. The molecule has 0 saturated heterocycles. The van der Waals surface area contributed by atoms with Crippen molar-refractivity contribution in [3.63, 3.8) is 0 Å². The standard InChI is InChI=1S/C11H17N3O3/c1-7(2)5-8(11(16)17)6-14-9-10(15)13-4-3-12-9/h3-4,7-8H,5-6H2,1-2H3,(H,12,14)(H,13,15)(H,16,17). The van der Waals surface area contributed by atoms with E-state index in [1.165, 1.54) is 12.4 Å². The monoisotopic (exact) mass is 239 g/mol. The van der Waals surface area contributed by atoms with Gasteiger partial charge in [0.05, 0.1) is 5.92 Å². The Morgan fingerprint density at radius 1 is 1.59 bits per heavy atom. The van der Waals surface area contributed by atoms with E-state index in [0.29, 0.717) is 12.3 Å². The van der Waals surface area contributed by atoms with Crippen molar-refractivity contribution >= 4 is 11.8 Å². The average molecular weight is 239 g/mol. The highest BCUT2D eigenvalue weighted by atomic mass is 16.4. The van der Waals surface area contributed by atoms with Crippen LogP contribution in [-0.2, 0) is 4.79 Å². The van der Waals surface area contributed by atoms with Crippen LogP contribution in [0.4, 0.5) is 5.82 Å². The molecule has 1 atom stereocenters. The lowest BCUT2D eigenvalue weighted by Crippen LogP contribution is -2.27. The van der Waals surface area contributed by atoms with Crippen molar-refractivity contribution in [2.24, 2.45) is 11.8 Å². The molecule has 1 aromatic rings. The Morgan fingerprint density at radius 3 is 2.82 bits per heavy atom. The van der Waals surface area contributed by atoms with E-state index in [1.807, 2.05) is 13.8 Å². The zero-order valence-electron chi connectivity index (χ0n) is 9.93. The van der Waals surface area contributed by atoms with Gasteiger partial charge in [-0.2, -0.15) is 0 Å². The Labute approximate surface area is 99.1 Å². The number of aromatic amines is 1. The Bertz CT molecular complexity index is 428. The molecule has 1 heterocycles. The largest absolute Gasteiger partial charge is 0.481 e. The first-order valence-corrected chi connectivity index (χ1v) is 5.51. The van der Waals surface area contributed by atoms with Crippen molar-refractivity contribution in [2.45, 2.75) is 20.3 Å². The number of H-pyrrole nitrogens is 1. The molecule has 0 fully saturated rings. The van der Waals surface area contributed by atoms with E-state index < -0.39 is 11.9 Å². The molecule has 3 N–H and O–H groups in total. The lowest BCUT2D eigenvalue weighted by atomic mass is 9.97. The third-order valence-corrected chi connectivity index (χ3v) is 2.33. The minimum absolute atomic E-state index is 0.155. The SMILES string of the molecule is CC(C)CC(CNc1ncc[nH]c1=O)C(=O)O. The predicted octanol–water partition coefficient (Wildman–Crippen LogP) is 0.929. The molecule has 1 rings (SSSR count).